The number of esters is 1. The number of carboxylic acid groups (broad SMARTS) is 1. The lowest BCUT2D eigenvalue weighted by molar-refractivity contribution is -0.146. The van der Waals surface area contributed by atoms with Crippen LogP contribution in [0.2, 0.25) is 23.2 Å². The Morgan fingerprint density at radius 3 is 2.32 bits per heavy atom. The maximum Gasteiger partial charge on any atom is 0.335 e. The van der Waals surface area contributed by atoms with Gasteiger partial charge in [0.2, 0.25) is 0 Å². The molecule has 1 unspecified atom stereocenters. The summed E-state index contributed by atoms with van der Waals surface area (Å²) in [5.41, 5.74) is 9.74. The molecule has 12 heteroatoms. The van der Waals surface area contributed by atoms with Gasteiger partial charge in [-0.15, -0.1) is 0 Å². The first kappa shape index (κ1) is 30.8. The third-order valence-corrected chi connectivity index (χ3v) is 11.4. The minimum Gasteiger partial charge on any atom is -0.478 e. The van der Waals surface area contributed by atoms with Crippen molar-refractivity contribution in [3.05, 3.63) is 74.6 Å². The molecule has 0 aliphatic rings. The Hall–Kier alpha value is -3.37. The number of aromatic carboxylic acids is 1. The van der Waals surface area contributed by atoms with E-state index in [1.165, 1.54) is 42.3 Å². The summed E-state index contributed by atoms with van der Waals surface area (Å²) in [4.78, 5) is 42.3. The summed E-state index contributed by atoms with van der Waals surface area (Å²) in [6, 6.07) is 9.21. The standard InChI is InChI=1S/C26H33ClN4O6Si/c1-26(2,3)38(5,6)37-14-13-22(25(35)36-4)31(16-17-7-9-18(10-8-17)24(33)34)23(32)20-12-11-19(27)15-21(20)29-30-28/h7-12,15,22H,13-14,16H2,1-6H3,(H,33,34). The number of azide groups is 1. The highest BCUT2D eigenvalue weighted by atomic mass is 35.5. The Morgan fingerprint density at radius 2 is 1.79 bits per heavy atom. The van der Waals surface area contributed by atoms with Crippen LogP contribution in [-0.4, -0.2) is 55.9 Å². The fourth-order valence-corrected chi connectivity index (χ4v) is 4.65. The van der Waals surface area contributed by atoms with Crippen LogP contribution in [0.4, 0.5) is 5.69 Å². The minimum absolute atomic E-state index is 0.0114. The van der Waals surface area contributed by atoms with Gasteiger partial charge in [-0.1, -0.05) is 49.6 Å². The molecular weight excluding hydrogens is 528 g/mol. The van der Waals surface area contributed by atoms with Gasteiger partial charge < -0.3 is 19.2 Å². The smallest absolute Gasteiger partial charge is 0.335 e. The largest absolute Gasteiger partial charge is 0.478 e. The first-order valence-electron chi connectivity index (χ1n) is 11.9. The fraction of sp³-hybridized carbons (Fsp3) is 0.423. The molecule has 2 aromatic carbocycles. The lowest BCUT2D eigenvalue weighted by Crippen LogP contribution is -2.47. The van der Waals surface area contributed by atoms with Crippen LogP contribution >= 0.6 is 11.6 Å². The fourth-order valence-electron chi connectivity index (χ4n) is 3.42. The van der Waals surface area contributed by atoms with Gasteiger partial charge in [0.1, 0.15) is 6.04 Å². The van der Waals surface area contributed by atoms with E-state index in [0.717, 1.165) is 0 Å². The highest BCUT2D eigenvalue weighted by molar-refractivity contribution is 6.74. The van der Waals surface area contributed by atoms with Gasteiger partial charge in [0.25, 0.3) is 5.91 Å². The van der Waals surface area contributed by atoms with E-state index in [2.05, 4.69) is 43.9 Å². The Morgan fingerprint density at radius 1 is 1.16 bits per heavy atom. The first-order chi connectivity index (χ1) is 17.7. The van der Waals surface area contributed by atoms with E-state index < -0.39 is 32.2 Å². The number of halogens is 1. The third kappa shape index (κ3) is 7.81. The molecule has 1 amide bonds. The second-order valence-corrected chi connectivity index (χ2v) is 15.5. The summed E-state index contributed by atoms with van der Waals surface area (Å²) >= 11 is 6.05. The number of ether oxygens (including phenoxy) is 1. The van der Waals surface area contributed by atoms with Crippen molar-refractivity contribution in [3.8, 4) is 0 Å². The van der Waals surface area contributed by atoms with Crippen molar-refractivity contribution in [2.75, 3.05) is 13.7 Å². The Kier molecular flexibility index (Phi) is 10.5. The molecule has 2 aromatic rings. The van der Waals surface area contributed by atoms with Gasteiger partial charge in [0.05, 0.1) is 18.4 Å². The van der Waals surface area contributed by atoms with Crippen molar-refractivity contribution in [1.82, 2.24) is 4.90 Å². The SMILES string of the molecule is COC(=O)C(CCO[Si](C)(C)C(C)(C)C)N(Cc1ccc(C(=O)O)cc1)C(=O)c1ccc(Cl)cc1N=[N+]=[N-]. The van der Waals surface area contributed by atoms with E-state index in [1.807, 2.05) is 0 Å². The molecule has 10 nitrogen and oxygen atoms in total. The predicted octanol–water partition coefficient (Wildman–Crippen LogP) is 6.58. The molecular formula is C26H33ClN4O6Si. The van der Waals surface area contributed by atoms with Crippen LogP contribution in [0.3, 0.4) is 0 Å². The van der Waals surface area contributed by atoms with Crippen molar-refractivity contribution in [1.29, 1.82) is 0 Å². The van der Waals surface area contributed by atoms with Gasteiger partial charge in [0, 0.05) is 35.1 Å². The Labute approximate surface area is 228 Å². The number of benzene rings is 2. The van der Waals surface area contributed by atoms with E-state index in [4.69, 9.17) is 26.3 Å². The summed E-state index contributed by atoms with van der Waals surface area (Å²) in [6.45, 7) is 10.7. The number of hydrogen-bond acceptors (Lipinski definition) is 6. The van der Waals surface area contributed by atoms with Crippen LogP contribution in [0.15, 0.2) is 47.6 Å². The van der Waals surface area contributed by atoms with E-state index in [9.17, 15) is 19.5 Å². The van der Waals surface area contributed by atoms with Crippen molar-refractivity contribution in [2.24, 2.45) is 5.11 Å². The molecule has 1 N–H and O–H groups in total. The van der Waals surface area contributed by atoms with E-state index in [-0.39, 0.29) is 46.4 Å². The Balaban J connectivity index is 2.52. The van der Waals surface area contributed by atoms with Gasteiger partial charge in [-0.25, -0.2) is 9.59 Å². The number of carbonyl (C=O) groups excluding carboxylic acids is 2. The van der Waals surface area contributed by atoms with Gasteiger partial charge in [-0.2, -0.15) is 0 Å². The zero-order valence-electron chi connectivity index (χ0n) is 22.4. The molecule has 0 fully saturated rings. The van der Waals surface area contributed by atoms with Gasteiger partial charge in [-0.3, -0.25) is 4.79 Å². The second kappa shape index (κ2) is 12.9. The molecule has 38 heavy (non-hydrogen) atoms. The highest BCUT2D eigenvalue weighted by Gasteiger charge is 2.38. The number of amides is 1. The number of carbonyl (C=O) groups is 3. The average molecular weight is 561 g/mol. The number of carboxylic acids is 1. The molecule has 1 atom stereocenters. The van der Waals surface area contributed by atoms with Gasteiger partial charge >= 0.3 is 11.9 Å². The molecule has 0 spiro atoms. The number of hydrogen-bond donors (Lipinski definition) is 1. The number of nitrogens with zero attached hydrogens (tertiary/aromatic N) is 4. The lowest BCUT2D eigenvalue weighted by Gasteiger charge is -2.37. The van der Waals surface area contributed by atoms with E-state index >= 15 is 0 Å². The third-order valence-electron chi connectivity index (χ3n) is 6.67. The van der Waals surface area contributed by atoms with Crippen LogP contribution in [0.1, 0.15) is 53.5 Å². The summed E-state index contributed by atoms with van der Waals surface area (Å²) in [6.07, 6.45) is 0.155. The zero-order valence-corrected chi connectivity index (χ0v) is 24.2. The first-order valence-corrected chi connectivity index (χ1v) is 15.2. The molecule has 0 heterocycles. The summed E-state index contributed by atoms with van der Waals surface area (Å²) in [7, 11) is -0.903. The number of rotatable bonds is 11. The quantitative estimate of drug-likeness (QED) is 0.108. The van der Waals surface area contributed by atoms with Gasteiger partial charge in [-0.05, 0) is 59.6 Å². The molecule has 0 saturated carbocycles. The van der Waals surface area contributed by atoms with Gasteiger partial charge in [0.15, 0.2) is 8.32 Å². The minimum atomic E-state index is -2.14. The highest BCUT2D eigenvalue weighted by Crippen LogP contribution is 2.37. The monoisotopic (exact) mass is 560 g/mol. The predicted molar refractivity (Wildman–Crippen MR) is 147 cm³/mol. The van der Waals surface area contributed by atoms with Crippen LogP contribution in [0, 0.1) is 0 Å². The van der Waals surface area contributed by atoms with Crippen molar-refractivity contribution >= 4 is 43.5 Å². The average Bonchev–Trinajstić information content (AvgIpc) is 2.84. The summed E-state index contributed by atoms with van der Waals surface area (Å²) < 4.78 is 11.3. The van der Waals surface area contributed by atoms with Crippen molar-refractivity contribution in [2.45, 2.75) is 57.9 Å². The van der Waals surface area contributed by atoms with Crippen LogP contribution in [0.25, 0.3) is 10.4 Å². The molecule has 0 radical (unpaired) electrons. The maximum absolute atomic E-state index is 13.9. The normalized spacial score (nSPS) is 12.3. The Bertz CT molecular complexity index is 1220. The second-order valence-electron chi connectivity index (χ2n) is 10.2. The van der Waals surface area contributed by atoms with E-state index in [1.54, 1.807) is 12.1 Å². The molecule has 0 saturated heterocycles. The molecule has 2 rings (SSSR count). The molecule has 0 aromatic heterocycles. The molecule has 0 bridgehead atoms. The van der Waals surface area contributed by atoms with E-state index in [0.29, 0.717) is 5.56 Å². The van der Waals surface area contributed by atoms with Crippen LogP contribution < -0.4 is 0 Å². The van der Waals surface area contributed by atoms with Crippen LogP contribution in [0.5, 0.6) is 0 Å². The van der Waals surface area contributed by atoms with Crippen LogP contribution in [-0.2, 0) is 20.5 Å². The lowest BCUT2D eigenvalue weighted by atomic mass is 10.1. The molecule has 204 valence electrons. The van der Waals surface area contributed by atoms with Crippen molar-refractivity contribution in [3.63, 3.8) is 0 Å². The summed E-state index contributed by atoms with van der Waals surface area (Å²) in [5.74, 6) is -2.31. The maximum atomic E-state index is 13.9. The summed E-state index contributed by atoms with van der Waals surface area (Å²) in [5, 5.41) is 13.0. The van der Waals surface area contributed by atoms with Crippen molar-refractivity contribution < 1.29 is 28.7 Å². The topological polar surface area (TPSA) is 142 Å². The number of methoxy groups -OCH3 is 1. The molecule has 0 aliphatic heterocycles. The molecule has 0 aliphatic carbocycles. The zero-order chi connectivity index (χ0) is 28.7.